The van der Waals surface area contributed by atoms with E-state index < -0.39 is 0 Å². The first-order valence-electron chi connectivity index (χ1n) is 11.7. The van der Waals surface area contributed by atoms with E-state index in [9.17, 15) is 4.79 Å². The fourth-order valence-corrected chi connectivity index (χ4v) is 4.94. The van der Waals surface area contributed by atoms with Crippen LogP contribution >= 0.6 is 23.2 Å². The van der Waals surface area contributed by atoms with Crippen LogP contribution in [0.2, 0.25) is 10.0 Å². The van der Waals surface area contributed by atoms with E-state index >= 15 is 0 Å². The summed E-state index contributed by atoms with van der Waals surface area (Å²) in [5, 5.41) is 3.85. The Bertz CT molecular complexity index is 945. The van der Waals surface area contributed by atoms with Gasteiger partial charge in [-0.05, 0) is 49.1 Å². The summed E-state index contributed by atoms with van der Waals surface area (Å²) in [5.74, 6) is 0.695. The van der Waals surface area contributed by atoms with Gasteiger partial charge in [0.2, 0.25) is 0 Å². The molecule has 2 saturated heterocycles. The number of rotatable bonds is 6. The van der Waals surface area contributed by atoms with Gasteiger partial charge in [0.1, 0.15) is 0 Å². The molecule has 0 aliphatic carbocycles. The third-order valence-corrected chi connectivity index (χ3v) is 7.16. The number of hydrogen-bond donors (Lipinski definition) is 1. The number of piperidine rings is 1. The predicted octanol–water partition coefficient (Wildman–Crippen LogP) is 5.57. The second kappa shape index (κ2) is 11.9. The summed E-state index contributed by atoms with van der Waals surface area (Å²) in [7, 11) is 0. The van der Waals surface area contributed by atoms with Crippen LogP contribution < -0.4 is 5.32 Å². The molecule has 2 heterocycles. The van der Waals surface area contributed by atoms with Crippen LogP contribution in [0.25, 0.3) is 6.08 Å². The van der Waals surface area contributed by atoms with Crippen molar-refractivity contribution in [2.45, 2.75) is 12.8 Å². The van der Waals surface area contributed by atoms with Crippen molar-refractivity contribution in [3.63, 3.8) is 0 Å². The minimum Gasteiger partial charge on any atom is -0.322 e. The standard InChI is InChI=1S/C26H32Cl2N4O/c27-24-11-10-23(18-25(24)28)29-26(33)32-16-14-31(15-17-32)20-22-9-5-13-30(19-22)12-4-8-21-6-2-1-3-7-21/h1-4,6-8,10-11,18,22H,5,9,12-17,19-20H2,(H,29,33)/b8-4+/t22-/m1/s1. The maximum Gasteiger partial charge on any atom is 0.321 e. The zero-order valence-corrected chi connectivity index (χ0v) is 20.4. The Morgan fingerprint density at radius 3 is 2.52 bits per heavy atom. The van der Waals surface area contributed by atoms with Gasteiger partial charge in [-0.3, -0.25) is 9.80 Å². The van der Waals surface area contributed by atoms with Gasteiger partial charge in [-0.15, -0.1) is 0 Å². The first-order valence-corrected chi connectivity index (χ1v) is 12.5. The molecule has 5 nitrogen and oxygen atoms in total. The molecule has 0 saturated carbocycles. The number of hydrogen-bond acceptors (Lipinski definition) is 3. The van der Waals surface area contributed by atoms with E-state index in [1.165, 1.54) is 24.9 Å². The van der Waals surface area contributed by atoms with Crippen LogP contribution in [0.5, 0.6) is 0 Å². The molecule has 0 radical (unpaired) electrons. The van der Waals surface area contributed by atoms with Crippen LogP contribution in [-0.4, -0.2) is 73.1 Å². The Hall–Kier alpha value is -2.05. The molecule has 1 atom stereocenters. The first-order chi connectivity index (χ1) is 16.1. The van der Waals surface area contributed by atoms with Crippen LogP contribution in [0, 0.1) is 5.92 Å². The number of urea groups is 1. The summed E-state index contributed by atoms with van der Waals surface area (Å²) in [5.41, 5.74) is 1.92. The molecule has 2 aromatic carbocycles. The third-order valence-electron chi connectivity index (χ3n) is 6.42. The molecule has 0 bridgehead atoms. The molecule has 2 amide bonds. The predicted molar refractivity (Wildman–Crippen MR) is 138 cm³/mol. The molecule has 33 heavy (non-hydrogen) atoms. The maximum absolute atomic E-state index is 12.6. The van der Waals surface area contributed by atoms with Gasteiger partial charge in [-0.2, -0.15) is 0 Å². The average molecular weight is 487 g/mol. The lowest BCUT2D eigenvalue weighted by Gasteiger charge is -2.39. The number of carbonyl (C=O) groups is 1. The van der Waals surface area contributed by atoms with Gasteiger partial charge < -0.3 is 10.2 Å². The van der Waals surface area contributed by atoms with Gasteiger partial charge >= 0.3 is 6.03 Å². The highest BCUT2D eigenvalue weighted by Gasteiger charge is 2.25. The van der Waals surface area contributed by atoms with Crippen molar-refractivity contribution in [3.8, 4) is 0 Å². The topological polar surface area (TPSA) is 38.8 Å². The Balaban J connectivity index is 1.18. The molecule has 176 valence electrons. The quantitative estimate of drug-likeness (QED) is 0.579. The lowest BCUT2D eigenvalue weighted by molar-refractivity contribution is 0.105. The number of amides is 2. The van der Waals surface area contributed by atoms with Crippen molar-refractivity contribution in [2.75, 3.05) is 57.7 Å². The Labute approximate surface area is 206 Å². The van der Waals surface area contributed by atoms with Crippen LogP contribution in [0.4, 0.5) is 10.5 Å². The lowest BCUT2D eigenvalue weighted by Crippen LogP contribution is -2.52. The Morgan fingerprint density at radius 1 is 0.970 bits per heavy atom. The van der Waals surface area contributed by atoms with E-state index in [1.54, 1.807) is 18.2 Å². The molecule has 2 aliphatic rings. The van der Waals surface area contributed by atoms with Crippen molar-refractivity contribution >= 4 is 41.0 Å². The van der Waals surface area contributed by atoms with Crippen LogP contribution in [0.3, 0.4) is 0 Å². The summed E-state index contributed by atoms with van der Waals surface area (Å²) >= 11 is 12.0. The van der Waals surface area contributed by atoms with Gasteiger partial charge in [-0.1, -0.05) is 65.7 Å². The van der Waals surface area contributed by atoms with Gasteiger partial charge in [0.25, 0.3) is 0 Å². The molecule has 0 spiro atoms. The lowest BCUT2D eigenvalue weighted by atomic mass is 9.97. The summed E-state index contributed by atoms with van der Waals surface area (Å²) in [6, 6.07) is 15.5. The van der Waals surface area contributed by atoms with Gasteiger partial charge in [0.15, 0.2) is 0 Å². The average Bonchev–Trinajstić information content (AvgIpc) is 2.83. The molecular formula is C26H32Cl2N4O. The number of piperazine rings is 1. The molecule has 7 heteroatoms. The zero-order chi connectivity index (χ0) is 23.0. The van der Waals surface area contributed by atoms with E-state index in [2.05, 4.69) is 57.6 Å². The number of halogens is 2. The first kappa shape index (κ1) is 24.1. The SMILES string of the molecule is O=C(Nc1ccc(Cl)c(Cl)c1)N1CCN(C[C@@H]2CCCN(C/C=C/c3ccccc3)C2)CC1. The molecule has 2 aliphatic heterocycles. The van der Waals surface area contributed by atoms with E-state index in [-0.39, 0.29) is 6.03 Å². The monoisotopic (exact) mass is 486 g/mol. The van der Waals surface area contributed by atoms with E-state index in [4.69, 9.17) is 23.2 Å². The summed E-state index contributed by atoms with van der Waals surface area (Å²) < 4.78 is 0. The van der Waals surface area contributed by atoms with Gasteiger partial charge in [0, 0.05) is 51.5 Å². The number of anilines is 1. The largest absolute Gasteiger partial charge is 0.322 e. The molecule has 4 rings (SSSR count). The maximum atomic E-state index is 12.6. The Kier molecular flexibility index (Phi) is 8.68. The number of nitrogens with zero attached hydrogens (tertiary/aromatic N) is 3. The van der Waals surface area contributed by atoms with Gasteiger partial charge in [0.05, 0.1) is 10.0 Å². The number of nitrogens with one attached hydrogen (secondary N) is 1. The van der Waals surface area contributed by atoms with Gasteiger partial charge in [-0.25, -0.2) is 4.79 Å². The van der Waals surface area contributed by atoms with E-state index in [0.717, 1.165) is 45.8 Å². The van der Waals surface area contributed by atoms with Crippen molar-refractivity contribution in [2.24, 2.45) is 5.92 Å². The number of likely N-dealkylation sites (tertiary alicyclic amines) is 1. The van der Waals surface area contributed by atoms with E-state index in [1.807, 2.05) is 4.90 Å². The van der Waals surface area contributed by atoms with Crippen molar-refractivity contribution in [1.29, 1.82) is 0 Å². The van der Waals surface area contributed by atoms with Crippen LogP contribution in [0.1, 0.15) is 18.4 Å². The fraction of sp³-hybridized carbons (Fsp3) is 0.423. The molecule has 0 unspecified atom stereocenters. The minimum absolute atomic E-state index is 0.0814. The summed E-state index contributed by atoms with van der Waals surface area (Å²) in [6.07, 6.45) is 7.04. The second-order valence-corrected chi connectivity index (χ2v) is 9.74. The molecule has 0 aromatic heterocycles. The Morgan fingerprint density at radius 2 is 1.76 bits per heavy atom. The molecular weight excluding hydrogens is 455 g/mol. The highest BCUT2D eigenvalue weighted by atomic mass is 35.5. The van der Waals surface area contributed by atoms with Crippen molar-refractivity contribution in [1.82, 2.24) is 14.7 Å². The zero-order valence-electron chi connectivity index (χ0n) is 18.9. The van der Waals surface area contributed by atoms with E-state index in [0.29, 0.717) is 21.7 Å². The van der Waals surface area contributed by atoms with Crippen molar-refractivity contribution in [3.05, 3.63) is 70.2 Å². The number of carbonyl (C=O) groups excluding carboxylic acids is 1. The molecule has 2 aromatic rings. The molecule has 2 fully saturated rings. The smallest absolute Gasteiger partial charge is 0.321 e. The highest BCUT2D eigenvalue weighted by molar-refractivity contribution is 6.42. The van der Waals surface area contributed by atoms with Crippen LogP contribution in [0.15, 0.2) is 54.6 Å². The minimum atomic E-state index is -0.0814. The highest BCUT2D eigenvalue weighted by Crippen LogP contribution is 2.25. The summed E-state index contributed by atoms with van der Waals surface area (Å²) in [6.45, 7) is 7.76. The molecule has 1 N–H and O–H groups in total. The van der Waals surface area contributed by atoms with Crippen LogP contribution in [-0.2, 0) is 0 Å². The van der Waals surface area contributed by atoms with Crippen molar-refractivity contribution < 1.29 is 4.79 Å². The third kappa shape index (κ3) is 7.21. The second-order valence-electron chi connectivity index (χ2n) is 8.93. The summed E-state index contributed by atoms with van der Waals surface area (Å²) in [4.78, 5) is 19.6. The fourth-order valence-electron chi connectivity index (χ4n) is 4.64. The normalized spacial score (nSPS) is 20.3. The number of benzene rings is 2.